The number of anilines is 1. The number of nitrogens with zero attached hydrogens (tertiary/aromatic N) is 4. The zero-order valence-corrected chi connectivity index (χ0v) is 17.3. The molecule has 4 rings (SSSR count). The van der Waals surface area contributed by atoms with Gasteiger partial charge in [0.2, 0.25) is 5.95 Å². The Morgan fingerprint density at radius 2 is 2.07 bits per heavy atom. The van der Waals surface area contributed by atoms with Crippen LogP contribution in [0, 0.1) is 6.92 Å². The van der Waals surface area contributed by atoms with Crippen LogP contribution < -0.4 is 10.5 Å². The molecule has 3 heterocycles. The standard InChI is InChI=1S/C21H23N5O2S/c1-13-19(29-12-24-13)20(27)26-9-3-4-15(11-26)18-17(10-23-21(22)25-18)14-5-7-16(28-2)8-6-14/h5-8,10,12,15H,3-4,9,11H2,1-2H3,(H2,22,23,25). The van der Waals surface area contributed by atoms with Gasteiger partial charge >= 0.3 is 0 Å². The Labute approximate surface area is 173 Å². The van der Waals surface area contributed by atoms with E-state index in [1.54, 1.807) is 18.8 Å². The molecule has 0 bridgehead atoms. The third-order valence-corrected chi connectivity index (χ3v) is 6.19. The number of benzene rings is 1. The monoisotopic (exact) mass is 409 g/mol. The summed E-state index contributed by atoms with van der Waals surface area (Å²) in [7, 11) is 1.64. The first-order valence-corrected chi connectivity index (χ1v) is 10.4. The molecule has 1 amide bonds. The quantitative estimate of drug-likeness (QED) is 0.708. The normalized spacial score (nSPS) is 16.6. The van der Waals surface area contributed by atoms with Crippen LogP contribution >= 0.6 is 11.3 Å². The largest absolute Gasteiger partial charge is 0.497 e. The number of carbonyl (C=O) groups excluding carboxylic acids is 1. The molecular weight excluding hydrogens is 386 g/mol. The first-order valence-electron chi connectivity index (χ1n) is 9.53. The number of nitrogen functional groups attached to an aromatic ring is 1. The highest BCUT2D eigenvalue weighted by molar-refractivity contribution is 7.11. The molecule has 29 heavy (non-hydrogen) atoms. The summed E-state index contributed by atoms with van der Waals surface area (Å²) in [4.78, 5) is 28.6. The molecule has 1 aromatic carbocycles. The van der Waals surface area contributed by atoms with Crippen molar-refractivity contribution in [3.8, 4) is 16.9 Å². The molecule has 1 unspecified atom stereocenters. The van der Waals surface area contributed by atoms with E-state index in [0.717, 1.165) is 47.7 Å². The van der Waals surface area contributed by atoms with Gasteiger partial charge in [-0.1, -0.05) is 12.1 Å². The molecule has 2 N–H and O–H groups in total. The van der Waals surface area contributed by atoms with Crippen molar-refractivity contribution in [2.45, 2.75) is 25.7 Å². The van der Waals surface area contributed by atoms with Gasteiger partial charge in [0.25, 0.3) is 5.91 Å². The lowest BCUT2D eigenvalue weighted by molar-refractivity contribution is 0.0710. The molecule has 8 heteroatoms. The molecule has 150 valence electrons. The van der Waals surface area contributed by atoms with Crippen LogP contribution in [-0.4, -0.2) is 46.0 Å². The van der Waals surface area contributed by atoms with Gasteiger partial charge in [-0.15, -0.1) is 11.3 Å². The molecule has 0 spiro atoms. The van der Waals surface area contributed by atoms with Crippen molar-refractivity contribution in [3.05, 3.63) is 52.2 Å². The maximum atomic E-state index is 13.0. The van der Waals surface area contributed by atoms with Gasteiger partial charge in [0, 0.05) is 30.8 Å². The number of thiazole rings is 1. The van der Waals surface area contributed by atoms with Crippen molar-refractivity contribution >= 4 is 23.2 Å². The summed E-state index contributed by atoms with van der Waals surface area (Å²) < 4.78 is 5.26. The number of methoxy groups -OCH3 is 1. The molecule has 0 saturated carbocycles. The Morgan fingerprint density at radius 3 is 2.76 bits per heavy atom. The summed E-state index contributed by atoms with van der Waals surface area (Å²) >= 11 is 1.39. The van der Waals surface area contributed by atoms with Gasteiger partial charge in [-0.05, 0) is 37.5 Å². The van der Waals surface area contributed by atoms with Crippen molar-refractivity contribution in [2.75, 3.05) is 25.9 Å². The minimum absolute atomic E-state index is 0.0442. The lowest BCUT2D eigenvalue weighted by Crippen LogP contribution is -2.39. The number of hydrogen-bond acceptors (Lipinski definition) is 7. The van der Waals surface area contributed by atoms with Gasteiger partial charge in [-0.25, -0.2) is 15.0 Å². The topological polar surface area (TPSA) is 94.2 Å². The van der Waals surface area contributed by atoms with E-state index in [-0.39, 0.29) is 17.8 Å². The number of carbonyl (C=O) groups is 1. The Kier molecular flexibility index (Phi) is 5.44. The van der Waals surface area contributed by atoms with E-state index in [2.05, 4.69) is 15.0 Å². The highest BCUT2D eigenvalue weighted by Gasteiger charge is 2.29. The molecule has 1 aliphatic rings. The number of hydrogen-bond donors (Lipinski definition) is 1. The van der Waals surface area contributed by atoms with Crippen LogP contribution in [0.15, 0.2) is 36.0 Å². The Balaban J connectivity index is 1.64. The fourth-order valence-electron chi connectivity index (χ4n) is 3.75. The summed E-state index contributed by atoms with van der Waals surface area (Å²) in [5, 5.41) is 0. The molecule has 7 nitrogen and oxygen atoms in total. The molecule has 2 aromatic heterocycles. The summed E-state index contributed by atoms with van der Waals surface area (Å²) in [5.74, 6) is 1.19. The summed E-state index contributed by atoms with van der Waals surface area (Å²) in [6, 6.07) is 7.81. The smallest absolute Gasteiger partial charge is 0.265 e. The number of aromatic nitrogens is 3. The first kappa shape index (κ1) is 19.3. The van der Waals surface area contributed by atoms with Gasteiger partial charge in [0.15, 0.2) is 0 Å². The summed E-state index contributed by atoms with van der Waals surface area (Å²) in [6.45, 7) is 3.22. The van der Waals surface area contributed by atoms with Crippen LogP contribution in [0.5, 0.6) is 5.75 Å². The van der Waals surface area contributed by atoms with Crippen LogP contribution in [0.3, 0.4) is 0 Å². The molecule has 0 radical (unpaired) electrons. The first-order chi connectivity index (χ1) is 14.1. The van der Waals surface area contributed by atoms with Crippen molar-refractivity contribution in [2.24, 2.45) is 0 Å². The van der Waals surface area contributed by atoms with Crippen molar-refractivity contribution in [1.29, 1.82) is 0 Å². The number of likely N-dealkylation sites (tertiary alicyclic amines) is 1. The number of rotatable bonds is 4. The van der Waals surface area contributed by atoms with Gasteiger partial charge in [-0.2, -0.15) is 0 Å². The second kappa shape index (κ2) is 8.16. The van der Waals surface area contributed by atoms with Gasteiger partial charge in [0.05, 0.1) is 24.0 Å². The zero-order valence-electron chi connectivity index (χ0n) is 16.5. The fourth-order valence-corrected chi connectivity index (χ4v) is 4.52. The molecule has 1 aliphatic heterocycles. The van der Waals surface area contributed by atoms with Crippen LogP contribution in [0.4, 0.5) is 5.95 Å². The predicted octanol–water partition coefficient (Wildman–Crippen LogP) is 3.52. The summed E-state index contributed by atoms with van der Waals surface area (Å²) in [5.41, 5.74) is 11.3. The van der Waals surface area contributed by atoms with Crippen molar-refractivity contribution in [1.82, 2.24) is 19.9 Å². The lowest BCUT2D eigenvalue weighted by Gasteiger charge is -2.33. The highest BCUT2D eigenvalue weighted by Crippen LogP contribution is 2.34. The van der Waals surface area contributed by atoms with Crippen molar-refractivity contribution in [3.63, 3.8) is 0 Å². The second-order valence-electron chi connectivity index (χ2n) is 7.11. The Morgan fingerprint density at radius 1 is 1.28 bits per heavy atom. The number of amides is 1. The molecule has 3 aromatic rings. The number of ether oxygens (including phenoxy) is 1. The maximum absolute atomic E-state index is 13.0. The molecule has 0 aliphatic carbocycles. The highest BCUT2D eigenvalue weighted by atomic mass is 32.1. The number of piperidine rings is 1. The van der Waals surface area contributed by atoms with Crippen LogP contribution in [0.25, 0.3) is 11.1 Å². The van der Waals surface area contributed by atoms with E-state index >= 15 is 0 Å². The van der Waals surface area contributed by atoms with E-state index in [1.807, 2.05) is 36.1 Å². The average molecular weight is 410 g/mol. The second-order valence-corrected chi connectivity index (χ2v) is 7.97. The van der Waals surface area contributed by atoms with E-state index in [0.29, 0.717) is 11.4 Å². The average Bonchev–Trinajstić information content (AvgIpc) is 3.19. The number of nitrogens with two attached hydrogens (primary N) is 1. The SMILES string of the molecule is COc1ccc(-c2cnc(N)nc2C2CCCN(C(=O)c3scnc3C)C2)cc1. The van der Waals surface area contributed by atoms with Crippen LogP contribution in [-0.2, 0) is 0 Å². The van der Waals surface area contributed by atoms with Gasteiger partial charge in [-0.3, -0.25) is 4.79 Å². The minimum Gasteiger partial charge on any atom is -0.497 e. The van der Waals surface area contributed by atoms with Crippen LogP contribution in [0.1, 0.15) is 39.8 Å². The minimum atomic E-state index is 0.0442. The van der Waals surface area contributed by atoms with Crippen LogP contribution in [0.2, 0.25) is 0 Å². The lowest BCUT2D eigenvalue weighted by atomic mass is 9.90. The van der Waals surface area contributed by atoms with Crippen molar-refractivity contribution < 1.29 is 9.53 Å². The number of aryl methyl sites for hydroxylation is 1. The van der Waals surface area contributed by atoms with Gasteiger partial charge in [0.1, 0.15) is 10.6 Å². The van der Waals surface area contributed by atoms with E-state index in [1.165, 1.54) is 11.3 Å². The third kappa shape index (κ3) is 3.93. The Bertz CT molecular complexity index is 1020. The van der Waals surface area contributed by atoms with Gasteiger partial charge < -0.3 is 15.4 Å². The molecular formula is C21H23N5O2S. The molecule has 1 atom stereocenters. The maximum Gasteiger partial charge on any atom is 0.265 e. The zero-order chi connectivity index (χ0) is 20.4. The van der Waals surface area contributed by atoms with E-state index in [4.69, 9.17) is 10.5 Å². The fraction of sp³-hybridized carbons (Fsp3) is 0.333. The van der Waals surface area contributed by atoms with E-state index in [9.17, 15) is 4.79 Å². The van der Waals surface area contributed by atoms with E-state index < -0.39 is 0 Å². The summed E-state index contributed by atoms with van der Waals surface area (Å²) in [6.07, 6.45) is 3.64. The molecule has 1 fully saturated rings. The Hall–Kier alpha value is -3.00. The molecule has 1 saturated heterocycles. The third-order valence-electron chi connectivity index (χ3n) is 5.27. The predicted molar refractivity (Wildman–Crippen MR) is 113 cm³/mol.